The second-order valence-electron chi connectivity index (χ2n) is 6.44. The van der Waals surface area contributed by atoms with Crippen LogP contribution in [0.15, 0.2) is 29.2 Å². The van der Waals surface area contributed by atoms with Crippen LogP contribution in [0.25, 0.3) is 0 Å². The van der Waals surface area contributed by atoms with Gasteiger partial charge in [0.1, 0.15) is 0 Å². The van der Waals surface area contributed by atoms with Gasteiger partial charge in [-0.15, -0.1) is 12.4 Å². The van der Waals surface area contributed by atoms with Gasteiger partial charge in [-0.25, -0.2) is 13.1 Å². The fourth-order valence-corrected chi connectivity index (χ4v) is 4.03. The fraction of sp³-hybridized carbons (Fsp3) is 0.588. The molecule has 0 aliphatic carbocycles. The molecule has 1 amide bonds. The van der Waals surface area contributed by atoms with Gasteiger partial charge < -0.3 is 10.2 Å². The Hall–Kier alpha value is -1.15. The van der Waals surface area contributed by atoms with E-state index in [4.69, 9.17) is 0 Å². The maximum Gasteiger partial charge on any atom is 0.254 e. The lowest BCUT2D eigenvalue weighted by atomic mass is 10.1. The predicted octanol–water partition coefficient (Wildman–Crippen LogP) is 2.01. The van der Waals surface area contributed by atoms with Crippen LogP contribution in [-0.2, 0) is 10.0 Å². The molecule has 1 heterocycles. The lowest BCUT2D eigenvalue weighted by molar-refractivity contribution is 0.0603. The lowest BCUT2D eigenvalue weighted by Gasteiger charge is -2.38. The zero-order chi connectivity index (χ0) is 17.9. The summed E-state index contributed by atoms with van der Waals surface area (Å²) in [6.45, 7) is 9.24. The van der Waals surface area contributed by atoms with Gasteiger partial charge in [0, 0.05) is 36.8 Å². The number of halogens is 1. The van der Waals surface area contributed by atoms with Gasteiger partial charge >= 0.3 is 0 Å². The average Bonchev–Trinajstić information content (AvgIpc) is 2.56. The number of benzene rings is 1. The highest BCUT2D eigenvalue weighted by Crippen LogP contribution is 2.16. The number of hydrogen-bond donors (Lipinski definition) is 2. The van der Waals surface area contributed by atoms with Crippen molar-refractivity contribution in [1.29, 1.82) is 0 Å². The average molecular weight is 390 g/mol. The second kappa shape index (κ2) is 8.98. The highest BCUT2D eigenvalue weighted by molar-refractivity contribution is 7.89. The summed E-state index contributed by atoms with van der Waals surface area (Å²) in [5.41, 5.74) is 0.512. The van der Waals surface area contributed by atoms with Crippen molar-refractivity contribution >= 4 is 28.3 Å². The van der Waals surface area contributed by atoms with Crippen LogP contribution in [0.3, 0.4) is 0 Å². The highest BCUT2D eigenvalue weighted by atomic mass is 35.5. The van der Waals surface area contributed by atoms with Gasteiger partial charge in [-0.05, 0) is 51.5 Å². The van der Waals surface area contributed by atoms with Gasteiger partial charge in [0.15, 0.2) is 0 Å². The van der Waals surface area contributed by atoms with E-state index in [9.17, 15) is 13.2 Å². The predicted molar refractivity (Wildman–Crippen MR) is 102 cm³/mol. The van der Waals surface area contributed by atoms with E-state index in [0.29, 0.717) is 12.1 Å². The first-order valence-corrected chi connectivity index (χ1v) is 9.91. The summed E-state index contributed by atoms with van der Waals surface area (Å²) in [7, 11) is -3.54. The first-order chi connectivity index (χ1) is 11.3. The molecule has 6 nitrogen and oxygen atoms in total. The zero-order valence-electron chi connectivity index (χ0n) is 15.2. The molecule has 0 spiro atoms. The van der Waals surface area contributed by atoms with E-state index in [0.717, 1.165) is 13.0 Å². The van der Waals surface area contributed by atoms with E-state index in [1.807, 2.05) is 25.7 Å². The Labute approximate surface area is 156 Å². The molecule has 1 saturated heterocycles. The maximum atomic E-state index is 12.7. The number of carbonyl (C=O) groups is 1. The SMILES string of the molecule is CCC(C)NS(=O)(=O)c1ccc(C(=O)N2CCNC(C)C2C)cc1.Cl. The van der Waals surface area contributed by atoms with Crippen molar-refractivity contribution in [1.82, 2.24) is 14.9 Å². The topological polar surface area (TPSA) is 78.5 Å². The van der Waals surface area contributed by atoms with Crippen LogP contribution < -0.4 is 10.0 Å². The van der Waals surface area contributed by atoms with Crippen molar-refractivity contribution in [3.8, 4) is 0 Å². The number of piperazine rings is 1. The molecule has 0 saturated carbocycles. The minimum absolute atomic E-state index is 0. The molecule has 1 aromatic carbocycles. The molecule has 25 heavy (non-hydrogen) atoms. The number of carbonyl (C=O) groups excluding carboxylic acids is 1. The van der Waals surface area contributed by atoms with Crippen LogP contribution in [-0.4, -0.2) is 50.4 Å². The smallest absolute Gasteiger partial charge is 0.254 e. The van der Waals surface area contributed by atoms with Crippen LogP contribution in [0, 0.1) is 0 Å². The van der Waals surface area contributed by atoms with Crippen LogP contribution in [0.2, 0.25) is 0 Å². The largest absolute Gasteiger partial charge is 0.333 e. The molecule has 1 aromatic rings. The molecule has 0 bridgehead atoms. The maximum absolute atomic E-state index is 12.7. The standard InChI is InChI=1S/C17H27N3O3S.ClH/c1-5-12(2)19-24(22,23)16-8-6-15(7-9-16)17(21)20-11-10-18-13(3)14(20)4;/h6-9,12-14,18-19H,5,10-11H2,1-4H3;1H. The quantitative estimate of drug-likeness (QED) is 0.807. The van der Waals surface area contributed by atoms with Gasteiger partial charge in [-0.3, -0.25) is 4.79 Å². The van der Waals surface area contributed by atoms with Crippen molar-refractivity contribution in [3.05, 3.63) is 29.8 Å². The lowest BCUT2D eigenvalue weighted by Crippen LogP contribution is -2.57. The summed E-state index contributed by atoms with van der Waals surface area (Å²) < 4.78 is 27.1. The molecule has 142 valence electrons. The van der Waals surface area contributed by atoms with Crippen molar-refractivity contribution < 1.29 is 13.2 Å². The molecule has 3 atom stereocenters. The monoisotopic (exact) mass is 389 g/mol. The van der Waals surface area contributed by atoms with E-state index in [1.165, 1.54) is 12.1 Å². The minimum Gasteiger partial charge on any atom is -0.333 e. The van der Waals surface area contributed by atoms with E-state index in [-0.39, 0.29) is 41.3 Å². The summed E-state index contributed by atoms with van der Waals surface area (Å²) in [6.07, 6.45) is 0.717. The zero-order valence-corrected chi connectivity index (χ0v) is 16.8. The molecule has 2 N–H and O–H groups in total. The Morgan fingerprint density at radius 2 is 1.92 bits per heavy atom. The van der Waals surface area contributed by atoms with E-state index in [2.05, 4.69) is 17.0 Å². The number of rotatable bonds is 5. The second-order valence-corrected chi connectivity index (χ2v) is 8.15. The van der Waals surface area contributed by atoms with Crippen LogP contribution in [0.5, 0.6) is 0 Å². The third-order valence-corrected chi connectivity index (χ3v) is 6.28. The molecular weight excluding hydrogens is 362 g/mol. The Morgan fingerprint density at radius 1 is 1.32 bits per heavy atom. The third-order valence-electron chi connectivity index (χ3n) is 4.68. The first-order valence-electron chi connectivity index (χ1n) is 8.43. The third kappa shape index (κ3) is 5.17. The summed E-state index contributed by atoms with van der Waals surface area (Å²) in [5.74, 6) is -0.0605. The molecule has 1 fully saturated rings. The number of amides is 1. The Morgan fingerprint density at radius 3 is 2.48 bits per heavy atom. The van der Waals surface area contributed by atoms with Gasteiger partial charge in [-0.2, -0.15) is 0 Å². The van der Waals surface area contributed by atoms with Crippen LogP contribution in [0.4, 0.5) is 0 Å². The minimum atomic E-state index is -3.54. The first kappa shape index (κ1) is 21.9. The summed E-state index contributed by atoms with van der Waals surface area (Å²) >= 11 is 0. The molecule has 2 rings (SSSR count). The number of nitrogens with zero attached hydrogens (tertiary/aromatic N) is 1. The van der Waals surface area contributed by atoms with E-state index in [1.54, 1.807) is 12.1 Å². The van der Waals surface area contributed by atoms with Crippen LogP contribution >= 0.6 is 12.4 Å². The molecule has 0 radical (unpaired) electrons. The number of sulfonamides is 1. The molecule has 0 aromatic heterocycles. The molecular formula is C17H28ClN3O3S. The summed E-state index contributed by atoms with van der Waals surface area (Å²) in [6, 6.07) is 6.38. The summed E-state index contributed by atoms with van der Waals surface area (Å²) in [5, 5.41) is 3.34. The fourth-order valence-electron chi connectivity index (χ4n) is 2.70. The van der Waals surface area contributed by atoms with Gasteiger partial charge in [-0.1, -0.05) is 6.92 Å². The molecule has 3 unspecified atom stereocenters. The number of hydrogen-bond acceptors (Lipinski definition) is 4. The van der Waals surface area contributed by atoms with Crippen LogP contribution in [0.1, 0.15) is 44.5 Å². The van der Waals surface area contributed by atoms with E-state index >= 15 is 0 Å². The van der Waals surface area contributed by atoms with Gasteiger partial charge in [0.2, 0.25) is 10.0 Å². The van der Waals surface area contributed by atoms with Crippen molar-refractivity contribution in [3.63, 3.8) is 0 Å². The highest BCUT2D eigenvalue weighted by Gasteiger charge is 2.29. The Balaban J connectivity index is 0.00000312. The van der Waals surface area contributed by atoms with Crippen molar-refractivity contribution in [2.45, 2.75) is 57.1 Å². The van der Waals surface area contributed by atoms with E-state index < -0.39 is 10.0 Å². The van der Waals surface area contributed by atoms with Crippen molar-refractivity contribution in [2.75, 3.05) is 13.1 Å². The summed E-state index contributed by atoms with van der Waals surface area (Å²) in [4.78, 5) is 14.7. The van der Waals surface area contributed by atoms with Crippen molar-refractivity contribution in [2.24, 2.45) is 0 Å². The number of nitrogens with one attached hydrogen (secondary N) is 2. The normalized spacial score (nSPS) is 22.2. The molecule has 1 aliphatic heterocycles. The Kier molecular flexibility index (Phi) is 7.87. The van der Waals surface area contributed by atoms with Gasteiger partial charge in [0.05, 0.1) is 4.90 Å². The molecule has 8 heteroatoms. The molecule has 1 aliphatic rings. The Bertz CT molecular complexity index is 679. The van der Waals surface area contributed by atoms with Gasteiger partial charge in [0.25, 0.3) is 5.91 Å².